The predicted octanol–water partition coefficient (Wildman–Crippen LogP) is 5.63. The van der Waals surface area contributed by atoms with Gasteiger partial charge in [-0.15, -0.1) is 34.0 Å². The molecule has 104 valence electrons. The molecule has 0 aliphatic rings. The van der Waals surface area contributed by atoms with Crippen LogP contribution >= 0.6 is 49.9 Å². The molecule has 0 saturated carbocycles. The van der Waals surface area contributed by atoms with Crippen molar-refractivity contribution in [3.05, 3.63) is 54.6 Å². The Kier molecular flexibility index (Phi) is 5.07. The lowest BCUT2D eigenvalue weighted by atomic mass is 10.2. The Morgan fingerprint density at radius 1 is 1.10 bits per heavy atom. The van der Waals surface area contributed by atoms with Crippen molar-refractivity contribution in [2.24, 2.45) is 0 Å². The van der Waals surface area contributed by atoms with Crippen molar-refractivity contribution in [3.63, 3.8) is 0 Å². The fourth-order valence-corrected chi connectivity index (χ4v) is 5.08. The van der Waals surface area contributed by atoms with Gasteiger partial charge in [-0.25, -0.2) is 0 Å². The fourth-order valence-electron chi connectivity index (χ4n) is 1.95. The zero-order chi connectivity index (χ0) is 13.8. The highest BCUT2D eigenvalue weighted by Crippen LogP contribution is 2.29. The summed E-state index contributed by atoms with van der Waals surface area (Å²) in [5.74, 6) is 0. The molecule has 20 heavy (non-hydrogen) atoms. The minimum atomic E-state index is 0.961. The second kappa shape index (κ2) is 7.00. The zero-order valence-corrected chi connectivity index (χ0v) is 14.8. The first-order valence-corrected chi connectivity index (χ1v) is 9.74. The second-order valence-electron chi connectivity index (χ2n) is 4.41. The van der Waals surface area contributed by atoms with E-state index in [4.69, 9.17) is 0 Å². The number of rotatable bonds is 6. The summed E-state index contributed by atoms with van der Waals surface area (Å²) in [6, 6.07) is 10.9. The van der Waals surface area contributed by atoms with Crippen LogP contribution in [0.4, 0.5) is 0 Å². The van der Waals surface area contributed by atoms with Crippen molar-refractivity contribution in [1.29, 1.82) is 0 Å². The van der Waals surface area contributed by atoms with Gasteiger partial charge in [-0.1, -0.05) is 6.07 Å². The van der Waals surface area contributed by atoms with Gasteiger partial charge >= 0.3 is 0 Å². The van der Waals surface area contributed by atoms with Crippen LogP contribution in [0.15, 0.2) is 44.9 Å². The molecular weight excluding hydrogens is 370 g/mol. The number of hydrogen-bond acceptors (Lipinski definition) is 4. The maximum absolute atomic E-state index is 3.52. The first-order valence-electron chi connectivity index (χ1n) is 6.37. The van der Waals surface area contributed by atoms with E-state index in [2.05, 4.69) is 62.3 Å². The minimum absolute atomic E-state index is 0.961. The number of hydrogen-bond donors (Lipinski definition) is 1. The lowest BCUT2D eigenvalue weighted by Gasteiger charge is -2.01. The van der Waals surface area contributed by atoms with E-state index in [0.717, 1.165) is 19.5 Å². The molecule has 0 atom stereocenters. The van der Waals surface area contributed by atoms with E-state index >= 15 is 0 Å². The first-order chi connectivity index (χ1) is 9.81. The molecule has 0 fully saturated rings. The van der Waals surface area contributed by atoms with Crippen LogP contribution < -0.4 is 5.32 Å². The van der Waals surface area contributed by atoms with Crippen LogP contribution in [0.2, 0.25) is 0 Å². The maximum Gasteiger partial charge on any atom is 0.0701 e. The Morgan fingerprint density at radius 3 is 2.80 bits per heavy atom. The molecule has 3 aromatic rings. The molecule has 0 saturated heterocycles. The smallest absolute Gasteiger partial charge is 0.0701 e. The Labute approximate surface area is 139 Å². The van der Waals surface area contributed by atoms with E-state index in [1.54, 1.807) is 11.3 Å². The fraction of sp³-hybridized carbons (Fsp3) is 0.200. The van der Waals surface area contributed by atoms with Gasteiger partial charge in [0.2, 0.25) is 0 Å². The van der Waals surface area contributed by atoms with Gasteiger partial charge in [0.1, 0.15) is 0 Å². The van der Waals surface area contributed by atoms with Crippen molar-refractivity contribution in [1.82, 2.24) is 5.32 Å². The number of thiophene rings is 3. The third kappa shape index (κ3) is 3.80. The molecule has 0 spiro atoms. The van der Waals surface area contributed by atoms with Crippen molar-refractivity contribution in [3.8, 4) is 10.4 Å². The molecule has 0 unspecified atom stereocenters. The van der Waals surface area contributed by atoms with E-state index in [1.807, 2.05) is 22.7 Å². The summed E-state index contributed by atoms with van der Waals surface area (Å²) in [5, 5.41) is 7.90. The van der Waals surface area contributed by atoms with E-state index in [-0.39, 0.29) is 0 Å². The molecular formula is C15H14BrNS3. The van der Waals surface area contributed by atoms with Crippen molar-refractivity contribution >= 4 is 49.9 Å². The highest BCUT2D eigenvalue weighted by atomic mass is 79.9. The molecule has 1 N–H and O–H groups in total. The van der Waals surface area contributed by atoms with E-state index in [1.165, 1.54) is 24.0 Å². The third-order valence-electron chi connectivity index (χ3n) is 2.94. The number of halogens is 1. The molecule has 3 heterocycles. The lowest BCUT2D eigenvalue weighted by molar-refractivity contribution is 0.697. The average Bonchev–Trinajstić information content (AvgIpc) is 3.16. The standard InChI is InChI=1S/C15H14BrNS3/c16-15-4-3-12(20-15)5-6-17-9-13-8-11(10-19-13)14-2-1-7-18-14/h1-4,7-8,10,17H,5-6,9H2. The van der Waals surface area contributed by atoms with Gasteiger partial charge in [-0.05, 0) is 57.4 Å². The molecule has 0 radical (unpaired) electrons. The largest absolute Gasteiger partial charge is 0.311 e. The van der Waals surface area contributed by atoms with Crippen molar-refractivity contribution in [2.75, 3.05) is 6.54 Å². The van der Waals surface area contributed by atoms with Crippen LogP contribution in [0, 0.1) is 0 Å². The summed E-state index contributed by atoms with van der Waals surface area (Å²) < 4.78 is 1.21. The van der Waals surface area contributed by atoms with E-state index < -0.39 is 0 Å². The summed E-state index contributed by atoms with van der Waals surface area (Å²) in [6.07, 6.45) is 1.10. The normalized spacial score (nSPS) is 11.1. The summed E-state index contributed by atoms with van der Waals surface area (Å²) in [6.45, 7) is 1.99. The van der Waals surface area contributed by atoms with Crippen LogP contribution in [-0.2, 0) is 13.0 Å². The molecule has 0 aromatic carbocycles. The van der Waals surface area contributed by atoms with E-state index in [9.17, 15) is 0 Å². The summed E-state index contributed by atoms with van der Waals surface area (Å²) in [5.41, 5.74) is 1.35. The van der Waals surface area contributed by atoms with Gasteiger partial charge in [0.15, 0.2) is 0 Å². The van der Waals surface area contributed by atoms with Gasteiger partial charge < -0.3 is 5.32 Å². The molecule has 0 aliphatic heterocycles. The van der Waals surface area contributed by atoms with Gasteiger partial charge in [-0.3, -0.25) is 0 Å². The highest BCUT2D eigenvalue weighted by molar-refractivity contribution is 9.11. The van der Waals surface area contributed by atoms with Crippen LogP contribution in [0.5, 0.6) is 0 Å². The van der Waals surface area contributed by atoms with Crippen LogP contribution in [-0.4, -0.2) is 6.54 Å². The molecule has 0 aliphatic carbocycles. The summed E-state index contributed by atoms with van der Waals surface area (Å²) >= 11 is 8.96. The molecule has 0 bridgehead atoms. The van der Waals surface area contributed by atoms with E-state index in [0.29, 0.717) is 0 Å². The van der Waals surface area contributed by atoms with Crippen LogP contribution in [0.1, 0.15) is 9.75 Å². The van der Waals surface area contributed by atoms with Crippen LogP contribution in [0.25, 0.3) is 10.4 Å². The highest BCUT2D eigenvalue weighted by Gasteiger charge is 2.03. The zero-order valence-electron chi connectivity index (χ0n) is 10.8. The monoisotopic (exact) mass is 383 g/mol. The SMILES string of the molecule is Brc1ccc(CCNCc2cc(-c3cccs3)cs2)s1. The van der Waals surface area contributed by atoms with Crippen LogP contribution in [0.3, 0.4) is 0 Å². The predicted molar refractivity (Wildman–Crippen MR) is 95.1 cm³/mol. The van der Waals surface area contributed by atoms with Gasteiger partial charge in [0, 0.05) is 33.3 Å². The lowest BCUT2D eigenvalue weighted by Crippen LogP contribution is -2.15. The Morgan fingerprint density at radius 2 is 2.05 bits per heavy atom. The Balaban J connectivity index is 1.47. The molecule has 1 nitrogen and oxygen atoms in total. The van der Waals surface area contributed by atoms with Gasteiger partial charge in [-0.2, -0.15) is 0 Å². The molecule has 3 rings (SSSR count). The molecule has 3 aromatic heterocycles. The van der Waals surface area contributed by atoms with Gasteiger partial charge in [0.05, 0.1) is 3.79 Å². The first kappa shape index (κ1) is 14.5. The Hall–Kier alpha value is -0.460. The van der Waals surface area contributed by atoms with Crippen molar-refractivity contribution < 1.29 is 0 Å². The second-order valence-corrected chi connectivity index (χ2v) is 8.90. The summed E-state index contributed by atoms with van der Waals surface area (Å²) in [4.78, 5) is 4.19. The quantitative estimate of drug-likeness (QED) is 0.543. The topological polar surface area (TPSA) is 12.0 Å². The third-order valence-corrected chi connectivity index (χ3v) is 6.47. The Bertz CT molecular complexity index is 654. The summed E-state index contributed by atoms with van der Waals surface area (Å²) in [7, 11) is 0. The number of nitrogens with one attached hydrogen (secondary N) is 1. The average molecular weight is 384 g/mol. The van der Waals surface area contributed by atoms with Gasteiger partial charge in [0.25, 0.3) is 0 Å². The minimum Gasteiger partial charge on any atom is -0.311 e. The maximum atomic E-state index is 3.52. The molecule has 0 amide bonds. The molecule has 5 heteroatoms. The van der Waals surface area contributed by atoms with Crippen molar-refractivity contribution in [2.45, 2.75) is 13.0 Å².